The van der Waals surface area contributed by atoms with E-state index in [0.717, 1.165) is 18.9 Å². The van der Waals surface area contributed by atoms with Crippen LogP contribution in [0.3, 0.4) is 0 Å². The zero-order valence-corrected chi connectivity index (χ0v) is 10.8. The summed E-state index contributed by atoms with van der Waals surface area (Å²) in [5, 5.41) is 0. The Labute approximate surface area is 95.2 Å². The standard InChI is InChI=1S/C13H28N2/c1-13(2,8-9-14)7-4-10-15(3)11-12-5-6-12/h12H,4-11,14H2,1-3H3. The van der Waals surface area contributed by atoms with Crippen LogP contribution in [0.1, 0.15) is 46.0 Å². The Hall–Kier alpha value is -0.0800. The molecule has 1 aliphatic carbocycles. The van der Waals surface area contributed by atoms with Crippen molar-refractivity contribution in [3.05, 3.63) is 0 Å². The molecular weight excluding hydrogens is 184 g/mol. The summed E-state index contributed by atoms with van der Waals surface area (Å²) in [5.74, 6) is 1.02. The smallest absolute Gasteiger partial charge is 0.000661 e. The molecule has 0 aliphatic heterocycles. The minimum Gasteiger partial charge on any atom is -0.330 e. The summed E-state index contributed by atoms with van der Waals surface area (Å²) in [7, 11) is 2.26. The SMILES string of the molecule is CN(CCCC(C)(C)CCN)CC1CC1. The van der Waals surface area contributed by atoms with Gasteiger partial charge in [0, 0.05) is 6.54 Å². The van der Waals surface area contributed by atoms with Crippen LogP contribution in [-0.4, -0.2) is 31.6 Å². The van der Waals surface area contributed by atoms with Gasteiger partial charge in [0.05, 0.1) is 0 Å². The van der Waals surface area contributed by atoms with Crippen molar-refractivity contribution in [1.82, 2.24) is 4.90 Å². The van der Waals surface area contributed by atoms with Gasteiger partial charge in [-0.2, -0.15) is 0 Å². The van der Waals surface area contributed by atoms with Gasteiger partial charge in [-0.1, -0.05) is 13.8 Å². The van der Waals surface area contributed by atoms with Gasteiger partial charge in [-0.25, -0.2) is 0 Å². The van der Waals surface area contributed by atoms with Crippen molar-refractivity contribution in [2.75, 3.05) is 26.7 Å². The van der Waals surface area contributed by atoms with Crippen molar-refractivity contribution in [1.29, 1.82) is 0 Å². The van der Waals surface area contributed by atoms with Gasteiger partial charge in [0.15, 0.2) is 0 Å². The highest BCUT2D eigenvalue weighted by molar-refractivity contribution is 4.76. The third kappa shape index (κ3) is 6.16. The van der Waals surface area contributed by atoms with Crippen LogP contribution >= 0.6 is 0 Å². The third-order valence-corrected chi connectivity index (χ3v) is 3.48. The average molecular weight is 212 g/mol. The van der Waals surface area contributed by atoms with Crippen LogP contribution in [0.2, 0.25) is 0 Å². The number of nitrogens with zero attached hydrogens (tertiary/aromatic N) is 1. The summed E-state index contributed by atoms with van der Waals surface area (Å²) in [6.45, 7) is 8.06. The van der Waals surface area contributed by atoms with E-state index in [9.17, 15) is 0 Å². The first-order valence-electron chi connectivity index (χ1n) is 6.42. The minimum atomic E-state index is 0.440. The fraction of sp³-hybridized carbons (Fsp3) is 1.00. The number of rotatable bonds is 8. The molecular formula is C13H28N2. The van der Waals surface area contributed by atoms with Crippen molar-refractivity contribution in [2.24, 2.45) is 17.1 Å². The minimum absolute atomic E-state index is 0.440. The van der Waals surface area contributed by atoms with Crippen LogP contribution in [0.25, 0.3) is 0 Å². The largest absolute Gasteiger partial charge is 0.330 e. The second-order valence-electron chi connectivity index (χ2n) is 6.01. The van der Waals surface area contributed by atoms with Crippen molar-refractivity contribution >= 4 is 0 Å². The monoisotopic (exact) mass is 212 g/mol. The fourth-order valence-electron chi connectivity index (χ4n) is 2.18. The van der Waals surface area contributed by atoms with E-state index in [-0.39, 0.29) is 0 Å². The highest BCUT2D eigenvalue weighted by atomic mass is 15.1. The van der Waals surface area contributed by atoms with Crippen LogP contribution in [0.15, 0.2) is 0 Å². The molecule has 1 saturated carbocycles. The molecule has 0 bridgehead atoms. The summed E-state index contributed by atoms with van der Waals surface area (Å²) in [6.07, 6.45) is 6.70. The molecule has 2 N–H and O–H groups in total. The number of hydrogen-bond donors (Lipinski definition) is 1. The lowest BCUT2D eigenvalue weighted by atomic mass is 9.84. The van der Waals surface area contributed by atoms with Crippen molar-refractivity contribution in [3.8, 4) is 0 Å². The summed E-state index contributed by atoms with van der Waals surface area (Å²) < 4.78 is 0. The predicted octanol–water partition coefficient (Wildman–Crippen LogP) is 2.48. The molecule has 0 amide bonds. The first-order valence-corrected chi connectivity index (χ1v) is 6.42. The Bertz CT molecular complexity index is 173. The molecule has 0 radical (unpaired) electrons. The Morgan fingerprint density at radius 3 is 2.47 bits per heavy atom. The van der Waals surface area contributed by atoms with Gasteiger partial charge in [0.25, 0.3) is 0 Å². The van der Waals surface area contributed by atoms with E-state index in [0.29, 0.717) is 5.41 Å². The van der Waals surface area contributed by atoms with Gasteiger partial charge < -0.3 is 10.6 Å². The van der Waals surface area contributed by atoms with Gasteiger partial charge in [-0.3, -0.25) is 0 Å². The van der Waals surface area contributed by atoms with Crippen molar-refractivity contribution in [2.45, 2.75) is 46.0 Å². The maximum atomic E-state index is 5.61. The lowest BCUT2D eigenvalue weighted by molar-refractivity contribution is 0.258. The molecule has 0 atom stereocenters. The zero-order chi connectivity index (χ0) is 11.3. The van der Waals surface area contributed by atoms with E-state index in [4.69, 9.17) is 5.73 Å². The molecule has 1 aliphatic rings. The highest BCUT2D eigenvalue weighted by Gasteiger charge is 2.23. The first kappa shape index (κ1) is 13.0. The first-order chi connectivity index (χ1) is 7.03. The normalized spacial score (nSPS) is 17.4. The van der Waals surface area contributed by atoms with E-state index in [1.54, 1.807) is 0 Å². The van der Waals surface area contributed by atoms with Gasteiger partial charge in [0.2, 0.25) is 0 Å². The van der Waals surface area contributed by atoms with Crippen LogP contribution < -0.4 is 5.73 Å². The molecule has 2 nitrogen and oxygen atoms in total. The van der Waals surface area contributed by atoms with Crippen LogP contribution in [-0.2, 0) is 0 Å². The molecule has 0 aromatic heterocycles. The fourth-order valence-corrected chi connectivity index (χ4v) is 2.18. The Balaban J connectivity index is 2.03. The lowest BCUT2D eigenvalue weighted by Gasteiger charge is -2.25. The Morgan fingerprint density at radius 1 is 1.27 bits per heavy atom. The molecule has 0 spiro atoms. The van der Waals surface area contributed by atoms with E-state index >= 15 is 0 Å². The molecule has 1 fully saturated rings. The average Bonchev–Trinajstić information content (AvgIpc) is 2.87. The summed E-state index contributed by atoms with van der Waals surface area (Å²) in [5.41, 5.74) is 6.05. The maximum absolute atomic E-state index is 5.61. The second kappa shape index (κ2) is 5.86. The molecule has 0 unspecified atom stereocenters. The second-order valence-corrected chi connectivity index (χ2v) is 6.01. The third-order valence-electron chi connectivity index (χ3n) is 3.48. The topological polar surface area (TPSA) is 29.3 Å². The quantitative estimate of drug-likeness (QED) is 0.670. The van der Waals surface area contributed by atoms with Crippen LogP contribution in [0.5, 0.6) is 0 Å². The molecule has 90 valence electrons. The Kier molecular flexibility index (Phi) is 5.07. The molecule has 0 heterocycles. The van der Waals surface area contributed by atoms with Gasteiger partial charge in [0.1, 0.15) is 0 Å². The molecule has 15 heavy (non-hydrogen) atoms. The number of nitrogens with two attached hydrogens (primary N) is 1. The number of hydrogen-bond acceptors (Lipinski definition) is 2. The van der Waals surface area contributed by atoms with Crippen LogP contribution in [0.4, 0.5) is 0 Å². The molecule has 0 aromatic rings. The maximum Gasteiger partial charge on any atom is 0.000661 e. The lowest BCUT2D eigenvalue weighted by Crippen LogP contribution is -2.24. The molecule has 0 saturated heterocycles. The molecule has 2 heteroatoms. The predicted molar refractivity (Wildman–Crippen MR) is 66.9 cm³/mol. The molecule has 1 rings (SSSR count). The summed E-state index contributed by atoms with van der Waals surface area (Å²) in [4.78, 5) is 2.50. The van der Waals surface area contributed by atoms with Gasteiger partial charge >= 0.3 is 0 Å². The van der Waals surface area contributed by atoms with E-state index < -0.39 is 0 Å². The van der Waals surface area contributed by atoms with E-state index in [2.05, 4.69) is 25.8 Å². The van der Waals surface area contributed by atoms with Crippen LogP contribution in [0, 0.1) is 11.3 Å². The Morgan fingerprint density at radius 2 is 1.93 bits per heavy atom. The van der Waals surface area contributed by atoms with Gasteiger partial charge in [-0.05, 0) is 63.6 Å². The molecule has 0 aromatic carbocycles. The van der Waals surface area contributed by atoms with Crippen molar-refractivity contribution in [3.63, 3.8) is 0 Å². The summed E-state index contributed by atoms with van der Waals surface area (Å²) in [6, 6.07) is 0. The highest BCUT2D eigenvalue weighted by Crippen LogP contribution is 2.30. The zero-order valence-electron chi connectivity index (χ0n) is 10.8. The van der Waals surface area contributed by atoms with E-state index in [1.165, 1.54) is 38.8 Å². The van der Waals surface area contributed by atoms with Gasteiger partial charge in [-0.15, -0.1) is 0 Å². The summed E-state index contributed by atoms with van der Waals surface area (Å²) >= 11 is 0. The van der Waals surface area contributed by atoms with Crippen molar-refractivity contribution < 1.29 is 0 Å². The van der Waals surface area contributed by atoms with E-state index in [1.807, 2.05) is 0 Å².